The molecule has 0 aromatic rings. The molecule has 0 rings (SSSR count). The molecular weight excluding hydrogens is 204 g/mol. The highest BCUT2D eigenvalue weighted by Gasteiger charge is 2.26. The minimum atomic E-state index is -0.762. The summed E-state index contributed by atoms with van der Waals surface area (Å²) in [6.07, 6.45) is 8.57. The fourth-order valence-electron chi connectivity index (χ4n) is 1.41. The van der Waals surface area contributed by atoms with Crippen LogP contribution in [0.4, 0.5) is 0 Å². The maximum Gasteiger partial charge on any atom is 0.317 e. The molecule has 1 unspecified atom stereocenters. The Hall–Kier alpha value is -1.30. The van der Waals surface area contributed by atoms with Crippen LogP contribution in [0.1, 0.15) is 46.0 Å². The Kier molecular flexibility index (Phi) is 8.24. The summed E-state index contributed by atoms with van der Waals surface area (Å²) >= 11 is 0. The highest BCUT2D eigenvalue weighted by atomic mass is 16.5. The van der Waals surface area contributed by atoms with E-state index in [1.165, 1.54) is 0 Å². The second-order valence-corrected chi connectivity index (χ2v) is 3.64. The fraction of sp³-hybridized carbons (Fsp3) is 0.692. The third kappa shape index (κ3) is 5.55. The summed E-state index contributed by atoms with van der Waals surface area (Å²) < 4.78 is 4.83. The van der Waals surface area contributed by atoms with Crippen LogP contribution in [-0.4, -0.2) is 18.4 Å². The summed E-state index contributed by atoms with van der Waals surface area (Å²) in [6, 6.07) is 0. The number of carbonyl (C=O) groups excluding carboxylic acids is 2. The molecule has 0 aliphatic carbocycles. The smallest absolute Gasteiger partial charge is 0.317 e. The molecule has 0 saturated heterocycles. The summed E-state index contributed by atoms with van der Waals surface area (Å²) in [4.78, 5) is 23.2. The van der Waals surface area contributed by atoms with Gasteiger partial charge in [-0.15, -0.1) is 12.3 Å². The van der Waals surface area contributed by atoms with Gasteiger partial charge in [0.25, 0.3) is 0 Å². The molecule has 0 bridgehead atoms. The van der Waals surface area contributed by atoms with Gasteiger partial charge < -0.3 is 4.74 Å². The van der Waals surface area contributed by atoms with Crippen LogP contribution < -0.4 is 0 Å². The predicted molar refractivity (Wildman–Crippen MR) is 62.7 cm³/mol. The molecular formula is C13H20O3. The zero-order valence-corrected chi connectivity index (χ0v) is 10.1. The molecule has 16 heavy (non-hydrogen) atoms. The van der Waals surface area contributed by atoms with Gasteiger partial charge in [-0.2, -0.15) is 0 Å². The molecule has 0 heterocycles. The molecule has 0 N–H and O–H groups in total. The lowest BCUT2D eigenvalue weighted by Crippen LogP contribution is -2.25. The van der Waals surface area contributed by atoms with Gasteiger partial charge in [0.2, 0.25) is 0 Å². The molecule has 0 aliphatic heterocycles. The van der Waals surface area contributed by atoms with Gasteiger partial charge in [-0.3, -0.25) is 9.59 Å². The van der Waals surface area contributed by atoms with E-state index < -0.39 is 11.9 Å². The molecule has 3 heteroatoms. The number of esters is 1. The number of Topliss-reactive ketones (excluding diaryl/α,β-unsaturated/α-hetero) is 1. The Labute approximate surface area is 97.6 Å². The van der Waals surface area contributed by atoms with Crippen LogP contribution in [-0.2, 0) is 14.3 Å². The van der Waals surface area contributed by atoms with Crippen LogP contribution in [0.5, 0.6) is 0 Å². The number of rotatable bonds is 8. The first-order chi connectivity index (χ1) is 7.67. The molecule has 0 radical (unpaired) electrons. The average Bonchev–Trinajstić information content (AvgIpc) is 2.26. The first-order valence-corrected chi connectivity index (χ1v) is 5.80. The van der Waals surface area contributed by atoms with Gasteiger partial charge in [-0.25, -0.2) is 0 Å². The van der Waals surface area contributed by atoms with E-state index in [1.807, 2.05) is 0 Å². The van der Waals surface area contributed by atoms with Crippen molar-refractivity contribution in [2.45, 2.75) is 46.0 Å². The molecule has 3 nitrogen and oxygen atoms in total. The first kappa shape index (κ1) is 14.7. The molecule has 0 spiro atoms. The van der Waals surface area contributed by atoms with E-state index in [2.05, 4.69) is 12.8 Å². The zero-order valence-electron chi connectivity index (χ0n) is 10.1. The van der Waals surface area contributed by atoms with Crippen molar-refractivity contribution < 1.29 is 14.3 Å². The normalized spacial score (nSPS) is 11.6. The quantitative estimate of drug-likeness (QED) is 0.275. The van der Waals surface area contributed by atoms with Crippen molar-refractivity contribution >= 4 is 11.8 Å². The largest absolute Gasteiger partial charge is 0.465 e. The lowest BCUT2D eigenvalue weighted by molar-refractivity contribution is -0.151. The predicted octanol–water partition coefficient (Wildman–Crippen LogP) is 2.34. The Morgan fingerprint density at radius 3 is 2.50 bits per heavy atom. The molecule has 0 saturated carbocycles. The van der Waals surface area contributed by atoms with Crippen molar-refractivity contribution in [2.75, 3.05) is 6.61 Å². The lowest BCUT2D eigenvalue weighted by atomic mass is 9.96. The van der Waals surface area contributed by atoms with E-state index in [-0.39, 0.29) is 18.8 Å². The van der Waals surface area contributed by atoms with Crippen molar-refractivity contribution in [3.63, 3.8) is 0 Å². The average molecular weight is 224 g/mol. The summed E-state index contributed by atoms with van der Waals surface area (Å²) in [5.41, 5.74) is 0. The van der Waals surface area contributed by atoms with Gasteiger partial charge >= 0.3 is 5.97 Å². The first-order valence-electron chi connectivity index (χ1n) is 5.80. The van der Waals surface area contributed by atoms with Crippen LogP contribution in [0, 0.1) is 18.3 Å². The van der Waals surface area contributed by atoms with Crippen LogP contribution in [0.2, 0.25) is 0 Å². The maximum absolute atomic E-state index is 11.7. The number of unbranched alkanes of at least 4 members (excludes halogenated alkanes) is 2. The monoisotopic (exact) mass is 224 g/mol. The van der Waals surface area contributed by atoms with Gasteiger partial charge in [0.05, 0.1) is 6.61 Å². The molecule has 0 aromatic heterocycles. The Bertz CT molecular complexity index is 263. The topological polar surface area (TPSA) is 43.4 Å². The molecule has 1 atom stereocenters. The fourth-order valence-corrected chi connectivity index (χ4v) is 1.41. The molecule has 0 fully saturated rings. The van der Waals surface area contributed by atoms with E-state index in [4.69, 9.17) is 11.2 Å². The Balaban J connectivity index is 4.24. The van der Waals surface area contributed by atoms with E-state index in [0.29, 0.717) is 6.42 Å². The molecule has 0 aromatic carbocycles. The third-order valence-corrected chi connectivity index (χ3v) is 2.31. The maximum atomic E-state index is 11.7. The number of terminal acetylenes is 1. The van der Waals surface area contributed by atoms with E-state index >= 15 is 0 Å². The van der Waals surface area contributed by atoms with Gasteiger partial charge in [-0.05, 0) is 13.3 Å². The van der Waals surface area contributed by atoms with Crippen LogP contribution in [0.3, 0.4) is 0 Å². The number of ether oxygens (including phenoxy) is 1. The van der Waals surface area contributed by atoms with Crippen molar-refractivity contribution in [3.8, 4) is 12.3 Å². The Morgan fingerprint density at radius 2 is 2.00 bits per heavy atom. The summed E-state index contributed by atoms with van der Waals surface area (Å²) in [6.45, 7) is 4.06. The van der Waals surface area contributed by atoms with Crippen LogP contribution >= 0.6 is 0 Å². The highest BCUT2D eigenvalue weighted by molar-refractivity contribution is 5.99. The summed E-state index contributed by atoms with van der Waals surface area (Å²) in [7, 11) is 0. The van der Waals surface area contributed by atoms with Crippen LogP contribution in [0.15, 0.2) is 0 Å². The number of ketones is 1. The molecule has 0 aliphatic rings. The van der Waals surface area contributed by atoms with E-state index in [0.717, 1.165) is 19.3 Å². The van der Waals surface area contributed by atoms with Gasteiger partial charge in [-0.1, -0.05) is 19.8 Å². The number of carbonyl (C=O) groups is 2. The molecule has 0 amide bonds. The number of hydrogen-bond donors (Lipinski definition) is 0. The van der Waals surface area contributed by atoms with Gasteiger partial charge in [0.15, 0.2) is 0 Å². The second kappa shape index (κ2) is 8.96. The van der Waals surface area contributed by atoms with Crippen LogP contribution in [0.25, 0.3) is 0 Å². The third-order valence-electron chi connectivity index (χ3n) is 2.31. The standard InChI is InChI=1S/C13H20O3/c1-4-7-8-10-12(14)11(9-5-2)13(15)16-6-3/h2,11H,4,6-10H2,1,3H3. The second-order valence-electron chi connectivity index (χ2n) is 3.64. The summed E-state index contributed by atoms with van der Waals surface area (Å²) in [5.74, 6) is 1.02. The van der Waals surface area contributed by atoms with E-state index in [1.54, 1.807) is 6.92 Å². The van der Waals surface area contributed by atoms with Gasteiger partial charge in [0.1, 0.15) is 11.7 Å². The SMILES string of the molecule is C#CCC(C(=O)CCCCC)C(=O)OCC. The lowest BCUT2D eigenvalue weighted by Gasteiger charge is -2.11. The van der Waals surface area contributed by atoms with Gasteiger partial charge in [0, 0.05) is 12.8 Å². The summed E-state index contributed by atoms with van der Waals surface area (Å²) in [5, 5.41) is 0. The Morgan fingerprint density at radius 1 is 1.31 bits per heavy atom. The van der Waals surface area contributed by atoms with E-state index in [9.17, 15) is 9.59 Å². The minimum Gasteiger partial charge on any atom is -0.465 e. The van der Waals surface area contributed by atoms with Crippen molar-refractivity contribution in [3.05, 3.63) is 0 Å². The van der Waals surface area contributed by atoms with Crippen molar-refractivity contribution in [1.29, 1.82) is 0 Å². The van der Waals surface area contributed by atoms with Crippen molar-refractivity contribution in [1.82, 2.24) is 0 Å². The van der Waals surface area contributed by atoms with Crippen molar-refractivity contribution in [2.24, 2.45) is 5.92 Å². The minimum absolute atomic E-state index is 0.0927. The number of hydrogen-bond acceptors (Lipinski definition) is 3. The zero-order chi connectivity index (χ0) is 12.4. The highest BCUT2D eigenvalue weighted by Crippen LogP contribution is 2.12. The molecule has 90 valence electrons.